The van der Waals surface area contributed by atoms with Crippen LogP contribution >= 0.6 is 0 Å². The van der Waals surface area contributed by atoms with E-state index in [9.17, 15) is 38.0 Å². The van der Waals surface area contributed by atoms with Crippen LogP contribution in [0, 0.1) is 10.1 Å². The third-order valence-corrected chi connectivity index (χ3v) is 7.21. The molecule has 0 fully saturated rings. The topological polar surface area (TPSA) is 170 Å². The summed E-state index contributed by atoms with van der Waals surface area (Å²) in [6, 6.07) is 18.4. The number of imide groups is 1. The maximum absolute atomic E-state index is 12.9. The molecule has 0 saturated carbocycles. The zero-order valence-corrected chi connectivity index (χ0v) is 21.0. The summed E-state index contributed by atoms with van der Waals surface area (Å²) in [5, 5.41) is 21.7. The fourth-order valence-electron chi connectivity index (χ4n) is 3.85. The molecule has 39 heavy (non-hydrogen) atoms. The van der Waals surface area contributed by atoms with Crippen LogP contribution in [-0.2, 0) is 30.4 Å². The molecule has 2 atom stereocenters. The standard InChI is InChI=1S/C26H22N2O10S/c29-22(14-15-27-24(30)20-8-4-5-9-21(20)25(27)31)23(26(32)37-16-17-6-2-1-3-7-17)38-39(35,36)19-12-10-18(11-13-19)28(33)34/h1-13,22-23,29H,14-16H2/t22-,23+/m0/s1. The van der Waals surface area contributed by atoms with Crippen molar-refractivity contribution < 1.29 is 41.8 Å². The van der Waals surface area contributed by atoms with Crippen molar-refractivity contribution in [3.8, 4) is 0 Å². The summed E-state index contributed by atoms with van der Waals surface area (Å²) in [5.41, 5.74) is 0.595. The highest BCUT2D eigenvalue weighted by Gasteiger charge is 2.39. The van der Waals surface area contributed by atoms with E-state index in [2.05, 4.69) is 0 Å². The number of rotatable bonds is 11. The molecule has 3 aromatic rings. The Morgan fingerprint density at radius 2 is 1.49 bits per heavy atom. The van der Waals surface area contributed by atoms with Crippen molar-refractivity contribution in [2.45, 2.75) is 30.1 Å². The maximum Gasteiger partial charge on any atom is 0.339 e. The quantitative estimate of drug-likeness (QED) is 0.122. The van der Waals surface area contributed by atoms with E-state index in [-0.39, 0.29) is 30.0 Å². The molecule has 0 aromatic heterocycles. The second-order valence-corrected chi connectivity index (χ2v) is 10.1. The van der Waals surface area contributed by atoms with Crippen LogP contribution in [0.1, 0.15) is 32.7 Å². The van der Waals surface area contributed by atoms with E-state index in [1.165, 1.54) is 12.1 Å². The molecule has 0 unspecified atom stereocenters. The molecule has 0 radical (unpaired) electrons. The highest BCUT2D eigenvalue weighted by Crippen LogP contribution is 2.25. The Bertz CT molecular complexity index is 1470. The first-order chi connectivity index (χ1) is 18.6. The maximum atomic E-state index is 12.9. The van der Waals surface area contributed by atoms with Crippen LogP contribution in [0.2, 0.25) is 0 Å². The van der Waals surface area contributed by atoms with Crippen LogP contribution in [0.5, 0.6) is 0 Å². The minimum Gasteiger partial charge on any atom is -0.459 e. The average molecular weight is 555 g/mol. The van der Waals surface area contributed by atoms with Gasteiger partial charge in [-0.05, 0) is 36.2 Å². The Morgan fingerprint density at radius 3 is 2.05 bits per heavy atom. The third-order valence-electron chi connectivity index (χ3n) is 5.90. The van der Waals surface area contributed by atoms with Gasteiger partial charge in [0.05, 0.1) is 27.0 Å². The molecule has 3 aromatic carbocycles. The van der Waals surface area contributed by atoms with Crippen molar-refractivity contribution in [1.82, 2.24) is 4.90 Å². The Labute approximate surface area is 222 Å². The first-order valence-electron chi connectivity index (χ1n) is 11.6. The minimum atomic E-state index is -4.71. The van der Waals surface area contributed by atoms with Crippen molar-refractivity contribution in [2.24, 2.45) is 0 Å². The summed E-state index contributed by atoms with van der Waals surface area (Å²) < 4.78 is 36.0. The third kappa shape index (κ3) is 6.17. The number of hydrogen-bond donors (Lipinski definition) is 1. The average Bonchev–Trinajstić information content (AvgIpc) is 3.18. The van der Waals surface area contributed by atoms with E-state index in [4.69, 9.17) is 8.92 Å². The normalized spacial score (nSPS) is 14.5. The van der Waals surface area contributed by atoms with Gasteiger partial charge in [-0.15, -0.1) is 0 Å². The number of nitrogens with zero attached hydrogens (tertiary/aromatic N) is 2. The molecule has 1 heterocycles. The molecule has 0 bridgehead atoms. The zero-order chi connectivity index (χ0) is 28.2. The van der Waals surface area contributed by atoms with Crippen molar-refractivity contribution in [3.63, 3.8) is 0 Å². The van der Waals surface area contributed by atoms with Gasteiger partial charge < -0.3 is 9.84 Å². The molecule has 1 aliphatic rings. The molecule has 1 aliphatic heterocycles. The van der Waals surface area contributed by atoms with Gasteiger partial charge in [-0.3, -0.25) is 24.6 Å². The number of amides is 2. The molecule has 202 valence electrons. The lowest BCUT2D eigenvalue weighted by Crippen LogP contribution is -2.42. The number of fused-ring (bicyclic) bond motifs is 1. The molecule has 0 saturated heterocycles. The first-order valence-corrected chi connectivity index (χ1v) is 13.0. The lowest BCUT2D eigenvalue weighted by atomic mass is 10.1. The minimum absolute atomic E-state index is 0.188. The number of hydrogen-bond acceptors (Lipinski definition) is 10. The summed E-state index contributed by atoms with van der Waals surface area (Å²) in [7, 11) is -4.71. The molecule has 13 heteroatoms. The van der Waals surface area contributed by atoms with Gasteiger partial charge in [0.15, 0.2) is 6.10 Å². The van der Waals surface area contributed by atoms with Crippen LogP contribution in [0.25, 0.3) is 0 Å². The zero-order valence-electron chi connectivity index (χ0n) is 20.2. The highest BCUT2D eigenvalue weighted by molar-refractivity contribution is 7.86. The lowest BCUT2D eigenvalue weighted by Gasteiger charge is -2.23. The number of benzene rings is 3. The second-order valence-electron chi connectivity index (χ2n) is 8.48. The predicted octanol–water partition coefficient (Wildman–Crippen LogP) is 2.46. The van der Waals surface area contributed by atoms with E-state index in [0.717, 1.165) is 29.2 Å². The van der Waals surface area contributed by atoms with Crippen LogP contribution in [0.15, 0.2) is 83.8 Å². The van der Waals surface area contributed by atoms with Gasteiger partial charge in [-0.25, -0.2) is 8.98 Å². The fourth-order valence-corrected chi connectivity index (χ4v) is 4.91. The number of aliphatic hydroxyl groups is 1. The van der Waals surface area contributed by atoms with E-state index in [0.29, 0.717) is 5.56 Å². The van der Waals surface area contributed by atoms with Gasteiger partial charge in [-0.2, -0.15) is 8.42 Å². The largest absolute Gasteiger partial charge is 0.459 e. The number of carbonyl (C=O) groups excluding carboxylic acids is 3. The number of nitro groups is 1. The number of aliphatic hydroxyl groups excluding tert-OH is 1. The van der Waals surface area contributed by atoms with Gasteiger partial charge in [0, 0.05) is 18.7 Å². The van der Waals surface area contributed by atoms with Crippen molar-refractivity contribution >= 4 is 33.6 Å². The molecule has 4 rings (SSSR count). The van der Waals surface area contributed by atoms with E-state index >= 15 is 0 Å². The fraction of sp³-hybridized carbons (Fsp3) is 0.192. The Kier molecular flexibility index (Phi) is 8.14. The molecule has 12 nitrogen and oxygen atoms in total. The number of esters is 1. The Balaban J connectivity index is 1.51. The van der Waals surface area contributed by atoms with Crippen LogP contribution in [-0.4, -0.2) is 59.9 Å². The van der Waals surface area contributed by atoms with Gasteiger partial charge >= 0.3 is 5.97 Å². The number of nitro benzene ring substituents is 1. The molecular formula is C26H22N2O10S. The lowest BCUT2D eigenvalue weighted by molar-refractivity contribution is -0.384. The number of ether oxygens (including phenoxy) is 1. The smallest absolute Gasteiger partial charge is 0.339 e. The summed E-state index contributed by atoms with van der Waals surface area (Å²) in [5.74, 6) is -2.39. The van der Waals surface area contributed by atoms with Gasteiger partial charge in [0.1, 0.15) is 6.61 Å². The van der Waals surface area contributed by atoms with Crippen molar-refractivity contribution in [1.29, 1.82) is 0 Å². The molecule has 0 spiro atoms. The Hall–Kier alpha value is -4.46. The van der Waals surface area contributed by atoms with Gasteiger partial charge in [0.2, 0.25) is 0 Å². The molecule has 1 N–H and O–H groups in total. The SMILES string of the molecule is O=C(OCc1ccccc1)[C@H](OS(=O)(=O)c1ccc([N+](=O)[O-])cc1)[C@@H](O)CCN1C(=O)c2ccccc2C1=O. The van der Waals surface area contributed by atoms with E-state index in [1.807, 2.05) is 0 Å². The summed E-state index contributed by atoms with van der Waals surface area (Å²) in [6.07, 6.45) is -4.29. The summed E-state index contributed by atoms with van der Waals surface area (Å²) in [4.78, 5) is 48.7. The summed E-state index contributed by atoms with van der Waals surface area (Å²) >= 11 is 0. The second kappa shape index (κ2) is 11.5. The highest BCUT2D eigenvalue weighted by atomic mass is 32.2. The van der Waals surface area contributed by atoms with Crippen molar-refractivity contribution in [2.75, 3.05) is 6.54 Å². The Morgan fingerprint density at radius 1 is 0.923 bits per heavy atom. The molecule has 2 amide bonds. The van der Waals surface area contributed by atoms with E-state index < -0.39 is 56.3 Å². The molecule has 0 aliphatic carbocycles. The van der Waals surface area contributed by atoms with Crippen LogP contribution < -0.4 is 0 Å². The van der Waals surface area contributed by atoms with Crippen molar-refractivity contribution in [3.05, 3.63) is 106 Å². The predicted molar refractivity (Wildman–Crippen MR) is 134 cm³/mol. The van der Waals surface area contributed by atoms with Gasteiger partial charge in [-0.1, -0.05) is 42.5 Å². The van der Waals surface area contributed by atoms with Gasteiger partial charge in [0.25, 0.3) is 27.6 Å². The number of non-ortho nitro benzene ring substituents is 1. The van der Waals surface area contributed by atoms with E-state index in [1.54, 1.807) is 42.5 Å². The summed E-state index contributed by atoms with van der Waals surface area (Å²) in [6.45, 7) is -0.584. The molecular weight excluding hydrogens is 532 g/mol. The monoisotopic (exact) mass is 554 g/mol. The van der Waals surface area contributed by atoms with Crippen LogP contribution in [0.3, 0.4) is 0 Å². The number of carbonyl (C=O) groups is 3. The van der Waals surface area contributed by atoms with Crippen LogP contribution in [0.4, 0.5) is 5.69 Å². The first kappa shape index (κ1) is 27.6.